The van der Waals surface area contributed by atoms with Crippen LogP contribution < -0.4 is 0 Å². The number of hydrogen-bond donors (Lipinski definition) is 1. The predicted molar refractivity (Wildman–Crippen MR) is 89.5 cm³/mol. The molecule has 1 fully saturated rings. The Kier molecular flexibility index (Phi) is 4.11. The third-order valence-electron chi connectivity index (χ3n) is 4.19. The van der Waals surface area contributed by atoms with Gasteiger partial charge in [-0.25, -0.2) is 4.79 Å². The van der Waals surface area contributed by atoms with E-state index in [4.69, 9.17) is 4.74 Å². The second kappa shape index (κ2) is 6.09. The van der Waals surface area contributed by atoms with E-state index in [0.29, 0.717) is 5.56 Å². The van der Waals surface area contributed by atoms with Gasteiger partial charge in [-0.2, -0.15) is 0 Å². The highest BCUT2D eigenvalue weighted by Crippen LogP contribution is 2.31. The van der Waals surface area contributed by atoms with Gasteiger partial charge in [-0.1, -0.05) is 48.5 Å². The molecule has 0 unspecified atom stereocenters. The molecule has 24 heavy (non-hydrogen) atoms. The van der Waals surface area contributed by atoms with Crippen LogP contribution in [0.15, 0.2) is 54.6 Å². The van der Waals surface area contributed by atoms with Crippen molar-refractivity contribution in [2.24, 2.45) is 0 Å². The average Bonchev–Trinajstić information content (AvgIpc) is 2.91. The largest absolute Gasteiger partial charge is 0.479 e. The summed E-state index contributed by atoms with van der Waals surface area (Å²) in [7, 11) is 0. The number of benzene rings is 2. The van der Waals surface area contributed by atoms with Crippen LogP contribution in [0, 0.1) is 0 Å². The summed E-state index contributed by atoms with van der Waals surface area (Å²) >= 11 is 0. The molecule has 5 nitrogen and oxygen atoms in total. The van der Waals surface area contributed by atoms with E-state index in [2.05, 4.69) is 0 Å². The number of carbonyl (C=O) groups excluding carboxylic acids is 1. The van der Waals surface area contributed by atoms with Crippen LogP contribution in [-0.2, 0) is 9.53 Å². The molecule has 124 valence electrons. The van der Waals surface area contributed by atoms with Crippen molar-refractivity contribution in [2.75, 3.05) is 6.54 Å². The molecule has 1 N–H and O–H groups in total. The highest BCUT2D eigenvalue weighted by Gasteiger charge is 2.45. The van der Waals surface area contributed by atoms with Crippen LogP contribution in [0.1, 0.15) is 24.2 Å². The third-order valence-corrected chi connectivity index (χ3v) is 4.19. The summed E-state index contributed by atoms with van der Waals surface area (Å²) in [5.74, 6) is -1.29. The van der Waals surface area contributed by atoms with E-state index in [1.807, 2.05) is 42.5 Å². The number of rotatable bonds is 3. The lowest BCUT2D eigenvalue weighted by Crippen LogP contribution is -2.43. The van der Waals surface area contributed by atoms with Gasteiger partial charge < -0.3 is 14.7 Å². The summed E-state index contributed by atoms with van der Waals surface area (Å²) < 4.78 is 5.52. The molecule has 0 spiro atoms. The van der Waals surface area contributed by atoms with Crippen molar-refractivity contribution in [3.8, 4) is 11.1 Å². The molecule has 1 heterocycles. The van der Waals surface area contributed by atoms with Crippen LogP contribution in [0.2, 0.25) is 0 Å². The smallest absolute Gasteiger partial charge is 0.334 e. The number of nitrogens with zero attached hydrogens (tertiary/aromatic N) is 1. The van der Waals surface area contributed by atoms with E-state index in [1.165, 1.54) is 4.90 Å². The molecular weight excluding hydrogens is 306 g/mol. The maximum atomic E-state index is 13.1. The minimum absolute atomic E-state index is 0.0320. The van der Waals surface area contributed by atoms with Crippen LogP contribution in [0.3, 0.4) is 0 Å². The van der Waals surface area contributed by atoms with Crippen LogP contribution >= 0.6 is 0 Å². The minimum atomic E-state index is -1.06. The van der Waals surface area contributed by atoms with Gasteiger partial charge in [0.25, 0.3) is 5.91 Å². The Hall–Kier alpha value is -2.66. The second-order valence-electron chi connectivity index (χ2n) is 6.22. The molecule has 0 bridgehead atoms. The molecule has 1 saturated heterocycles. The number of carboxylic acids is 1. The van der Waals surface area contributed by atoms with E-state index in [0.717, 1.165) is 11.1 Å². The zero-order valence-electron chi connectivity index (χ0n) is 13.6. The highest BCUT2D eigenvalue weighted by atomic mass is 16.6. The molecule has 0 aliphatic carbocycles. The molecule has 2 aromatic carbocycles. The lowest BCUT2D eigenvalue weighted by atomic mass is 9.98. The van der Waals surface area contributed by atoms with Gasteiger partial charge in [-0.05, 0) is 31.0 Å². The molecule has 1 aliphatic heterocycles. The first-order valence-corrected chi connectivity index (χ1v) is 7.77. The van der Waals surface area contributed by atoms with Gasteiger partial charge in [0, 0.05) is 5.56 Å². The maximum absolute atomic E-state index is 13.1. The molecule has 0 saturated carbocycles. The lowest BCUT2D eigenvalue weighted by Gasteiger charge is -2.30. The Morgan fingerprint density at radius 2 is 1.71 bits per heavy atom. The minimum Gasteiger partial charge on any atom is -0.479 e. The van der Waals surface area contributed by atoms with Gasteiger partial charge in [0.1, 0.15) is 5.72 Å². The number of amides is 1. The van der Waals surface area contributed by atoms with E-state index in [1.54, 1.807) is 26.0 Å². The number of hydrogen-bond acceptors (Lipinski definition) is 3. The van der Waals surface area contributed by atoms with Gasteiger partial charge in [0.2, 0.25) is 0 Å². The monoisotopic (exact) mass is 325 g/mol. The topological polar surface area (TPSA) is 66.8 Å². The Labute approximate surface area is 140 Å². The van der Waals surface area contributed by atoms with Crippen LogP contribution in [0.25, 0.3) is 11.1 Å². The van der Waals surface area contributed by atoms with Crippen molar-refractivity contribution in [1.82, 2.24) is 4.90 Å². The summed E-state index contributed by atoms with van der Waals surface area (Å²) in [6, 6.07) is 17.0. The standard InChI is InChI=1S/C19H19NO4/c1-19(2)20(12-16(24-19)18(22)23)17(21)15-11-7-6-10-14(15)13-8-4-3-5-9-13/h3-11,16H,12H2,1-2H3,(H,22,23)/t16-/m1/s1. The van der Waals surface area contributed by atoms with Gasteiger partial charge in [-0.15, -0.1) is 0 Å². The fraction of sp³-hybridized carbons (Fsp3) is 0.263. The maximum Gasteiger partial charge on any atom is 0.334 e. The van der Waals surface area contributed by atoms with E-state index < -0.39 is 17.8 Å². The molecule has 0 aromatic heterocycles. The van der Waals surface area contributed by atoms with E-state index >= 15 is 0 Å². The number of aliphatic carboxylic acids is 1. The molecule has 5 heteroatoms. The first-order chi connectivity index (χ1) is 11.4. The van der Waals surface area contributed by atoms with Crippen LogP contribution in [-0.4, -0.2) is 40.3 Å². The molecule has 1 atom stereocenters. The van der Waals surface area contributed by atoms with Crippen molar-refractivity contribution >= 4 is 11.9 Å². The van der Waals surface area contributed by atoms with Gasteiger partial charge in [-0.3, -0.25) is 4.79 Å². The first-order valence-electron chi connectivity index (χ1n) is 7.77. The van der Waals surface area contributed by atoms with Crippen molar-refractivity contribution in [2.45, 2.75) is 25.7 Å². The quantitative estimate of drug-likeness (QED) is 0.942. The molecule has 3 rings (SSSR count). The van der Waals surface area contributed by atoms with Crippen molar-refractivity contribution in [1.29, 1.82) is 0 Å². The lowest BCUT2D eigenvalue weighted by molar-refractivity contribution is -0.154. The zero-order chi connectivity index (χ0) is 17.3. The summed E-state index contributed by atoms with van der Waals surface area (Å²) in [6.45, 7) is 3.45. The van der Waals surface area contributed by atoms with E-state index in [9.17, 15) is 14.7 Å². The predicted octanol–water partition coefficient (Wildman–Crippen LogP) is 3.02. The molecule has 1 amide bonds. The third kappa shape index (κ3) is 2.90. The Morgan fingerprint density at radius 3 is 2.33 bits per heavy atom. The van der Waals surface area contributed by atoms with Crippen molar-refractivity contribution < 1.29 is 19.4 Å². The first kappa shape index (κ1) is 16.2. The Balaban J connectivity index is 1.98. The fourth-order valence-electron chi connectivity index (χ4n) is 2.98. The number of ether oxygens (including phenoxy) is 1. The van der Waals surface area contributed by atoms with Gasteiger partial charge >= 0.3 is 5.97 Å². The SMILES string of the molecule is CC1(C)O[C@@H](C(=O)O)CN1C(=O)c1ccccc1-c1ccccc1. The highest BCUT2D eigenvalue weighted by molar-refractivity contribution is 6.01. The summed E-state index contributed by atoms with van der Waals surface area (Å²) in [6.07, 6.45) is -1.01. The van der Waals surface area contributed by atoms with Gasteiger partial charge in [0.05, 0.1) is 6.54 Å². The fourth-order valence-corrected chi connectivity index (χ4v) is 2.98. The van der Waals surface area contributed by atoms with Crippen molar-refractivity contribution in [3.63, 3.8) is 0 Å². The van der Waals surface area contributed by atoms with E-state index in [-0.39, 0.29) is 12.5 Å². The molecule has 0 radical (unpaired) electrons. The average molecular weight is 325 g/mol. The summed E-state index contributed by atoms with van der Waals surface area (Å²) in [5.41, 5.74) is 1.32. The zero-order valence-corrected chi connectivity index (χ0v) is 13.6. The Bertz CT molecular complexity index is 770. The van der Waals surface area contributed by atoms with Gasteiger partial charge in [0.15, 0.2) is 6.10 Å². The van der Waals surface area contributed by atoms with Crippen LogP contribution in [0.4, 0.5) is 0 Å². The molecule has 1 aliphatic rings. The van der Waals surface area contributed by atoms with Crippen molar-refractivity contribution in [3.05, 3.63) is 60.2 Å². The normalized spacial score (nSPS) is 19.2. The molecular formula is C19H19NO4. The Morgan fingerprint density at radius 1 is 1.08 bits per heavy atom. The second-order valence-corrected chi connectivity index (χ2v) is 6.22. The van der Waals surface area contributed by atoms with Crippen LogP contribution in [0.5, 0.6) is 0 Å². The summed E-state index contributed by atoms with van der Waals surface area (Å²) in [4.78, 5) is 25.8. The summed E-state index contributed by atoms with van der Waals surface area (Å²) in [5, 5.41) is 9.19. The molecule has 2 aromatic rings. The number of carbonyl (C=O) groups is 2. The number of carboxylic acid groups (broad SMARTS) is 1.